The van der Waals surface area contributed by atoms with Crippen LogP contribution in [0.4, 0.5) is 0 Å². The molecule has 0 aromatic heterocycles. The molecule has 3 heteroatoms. The first-order chi connectivity index (χ1) is 8.38. The Labute approximate surface area is 113 Å². The zero-order chi connectivity index (χ0) is 14.2. The highest BCUT2D eigenvalue weighted by molar-refractivity contribution is 5.79. The molecule has 0 fully saturated rings. The minimum absolute atomic E-state index is 0.142. The van der Waals surface area contributed by atoms with E-state index in [1.807, 2.05) is 0 Å². The van der Waals surface area contributed by atoms with Crippen LogP contribution >= 0.6 is 0 Å². The summed E-state index contributed by atoms with van der Waals surface area (Å²) in [5.74, 6) is 0.858. The van der Waals surface area contributed by atoms with Crippen molar-refractivity contribution in [1.29, 1.82) is 0 Å². The molecule has 0 aromatic rings. The van der Waals surface area contributed by atoms with Gasteiger partial charge in [0.2, 0.25) is 5.91 Å². The van der Waals surface area contributed by atoms with E-state index < -0.39 is 0 Å². The minimum Gasteiger partial charge on any atom is -0.349 e. The van der Waals surface area contributed by atoms with Gasteiger partial charge in [0.25, 0.3) is 0 Å². The van der Waals surface area contributed by atoms with Crippen molar-refractivity contribution in [3.05, 3.63) is 0 Å². The topological polar surface area (TPSA) is 55.1 Å². The fraction of sp³-hybridized carbons (Fsp3) is 0.933. The van der Waals surface area contributed by atoms with Crippen LogP contribution < -0.4 is 11.1 Å². The van der Waals surface area contributed by atoms with E-state index >= 15 is 0 Å². The van der Waals surface area contributed by atoms with E-state index in [2.05, 4.69) is 39.9 Å². The Balaban J connectivity index is 4.47. The molecule has 2 unspecified atom stereocenters. The molecule has 0 bridgehead atoms. The lowest BCUT2D eigenvalue weighted by atomic mass is 9.89. The highest BCUT2D eigenvalue weighted by atomic mass is 16.2. The lowest BCUT2D eigenvalue weighted by Crippen LogP contribution is -2.53. The van der Waals surface area contributed by atoms with Crippen LogP contribution in [0.3, 0.4) is 0 Å². The second-order valence-corrected chi connectivity index (χ2v) is 6.10. The van der Waals surface area contributed by atoms with Gasteiger partial charge in [0.1, 0.15) is 0 Å². The zero-order valence-electron chi connectivity index (χ0n) is 12.9. The smallest absolute Gasteiger partial charge is 0.223 e. The van der Waals surface area contributed by atoms with Gasteiger partial charge in [0, 0.05) is 18.0 Å². The molecule has 0 heterocycles. The van der Waals surface area contributed by atoms with Crippen LogP contribution in [0.1, 0.15) is 66.7 Å². The van der Waals surface area contributed by atoms with E-state index in [4.69, 9.17) is 5.73 Å². The largest absolute Gasteiger partial charge is 0.349 e. The summed E-state index contributed by atoms with van der Waals surface area (Å²) < 4.78 is 0. The van der Waals surface area contributed by atoms with Crippen LogP contribution in [-0.2, 0) is 4.79 Å². The van der Waals surface area contributed by atoms with Crippen LogP contribution in [-0.4, -0.2) is 18.0 Å². The van der Waals surface area contributed by atoms with Crippen LogP contribution in [0.15, 0.2) is 0 Å². The van der Waals surface area contributed by atoms with Gasteiger partial charge >= 0.3 is 0 Å². The predicted octanol–water partition coefficient (Wildman–Crippen LogP) is 3.08. The first-order valence-electron chi connectivity index (χ1n) is 7.40. The first-order valence-corrected chi connectivity index (χ1v) is 7.40. The molecule has 18 heavy (non-hydrogen) atoms. The van der Waals surface area contributed by atoms with Crippen molar-refractivity contribution < 1.29 is 4.79 Å². The summed E-state index contributed by atoms with van der Waals surface area (Å²) in [6, 6.07) is 0. The minimum atomic E-state index is -0.259. The summed E-state index contributed by atoms with van der Waals surface area (Å²) in [7, 11) is 0. The van der Waals surface area contributed by atoms with E-state index in [0.717, 1.165) is 32.1 Å². The molecule has 2 atom stereocenters. The van der Waals surface area contributed by atoms with E-state index in [9.17, 15) is 4.79 Å². The lowest BCUT2D eigenvalue weighted by Gasteiger charge is -2.32. The number of hydrogen-bond donors (Lipinski definition) is 2. The molecular formula is C15H32N2O. The molecule has 0 rings (SSSR count). The van der Waals surface area contributed by atoms with Crippen molar-refractivity contribution in [2.45, 2.75) is 72.3 Å². The number of carbonyl (C=O) groups is 1. The fourth-order valence-electron chi connectivity index (χ4n) is 2.46. The number of amides is 1. The van der Waals surface area contributed by atoms with Crippen molar-refractivity contribution in [2.24, 2.45) is 17.6 Å². The van der Waals surface area contributed by atoms with Gasteiger partial charge in [-0.1, -0.05) is 40.5 Å². The van der Waals surface area contributed by atoms with E-state index in [1.165, 1.54) is 0 Å². The molecule has 0 saturated carbocycles. The monoisotopic (exact) mass is 256 g/mol. The maximum Gasteiger partial charge on any atom is 0.223 e. The summed E-state index contributed by atoms with van der Waals surface area (Å²) >= 11 is 0. The van der Waals surface area contributed by atoms with Gasteiger partial charge in [-0.15, -0.1) is 0 Å². The standard InChI is InChI=1S/C15H32N2O/c1-6-8-9-13(7-2)14(18)17-15(5,11-16)10-12(3)4/h12-13H,6-11,16H2,1-5H3,(H,17,18). The van der Waals surface area contributed by atoms with Crippen LogP contribution in [0.2, 0.25) is 0 Å². The van der Waals surface area contributed by atoms with E-state index in [-0.39, 0.29) is 17.4 Å². The van der Waals surface area contributed by atoms with Crippen LogP contribution in [0.25, 0.3) is 0 Å². The molecule has 3 N–H and O–H groups in total. The van der Waals surface area contributed by atoms with Gasteiger partial charge in [0.15, 0.2) is 0 Å². The average molecular weight is 256 g/mol. The quantitative estimate of drug-likeness (QED) is 0.666. The summed E-state index contributed by atoms with van der Waals surface area (Å²) in [6.07, 6.45) is 5.09. The van der Waals surface area contributed by atoms with Gasteiger partial charge in [-0.05, 0) is 32.1 Å². The van der Waals surface area contributed by atoms with Crippen molar-refractivity contribution in [1.82, 2.24) is 5.32 Å². The summed E-state index contributed by atoms with van der Waals surface area (Å²) in [5.41, 5.74) is 5.57. The summed E-state index contributed by atoms with van der Waals surface area (Å²) in [6.45, 7) is 11.1. The molecule has 0 aliphatic carbocycles. The molecule has 0 saturated heterocycles. The number of hydrogen-bond acceptors (Lipinski definition) is 2. The molecule has 0 aliphatic heterocycles. The fourth-order valence-corrected chi connectivity index (χ4v) is 2.46. The number of nitrogens with one attached hydrogen (secondary N) is 1. The zero-order valence-corrected chi connectivity index (χ0v) is 12.9. The predicted molar refractivity (Wildman–Crippen MR) is 78.4 cm³/mol. The third kappa shape index (κ3) is 6.39. The molecule has 3 nitrogen and oxygen atoms in total. The number of carbonyl (C=O) groups excluding carboxylic acids is 1. The van der Waals surface area contributed by atoms with Crippen LogP contribution in [0.5, 0.6) is 0 Å². The van der Waals surface area contributed by atoms with Gasteiger partial charge in [-0.25, -0.2) is 0 Å². The second-order valence-electron chi connectivity index (χ2n) is 6.10. The Bertz CT molecular complexity index is 241. The Hall–Kier alpha value is -0.570. The number of rotatable bonds is 9. The maximum absolute atomic E-state index is 12.3. The van der Waals surface area contributed by atoms with E-state index in [1.54, 1.807) is 0 Å². The van der Waals surface area contributed by atoms with E-state index in [0.29, 0.717) is 12.5 Å². The highest BCUT2D eigenvalue weighted by Crippen LogP contribution is 2.18. The van der Waals surface area contributed by atoms with Gasteiger partial charge in [0.05, 0.1) is 0 Å². The maximum atomic E-state index is 12.3. The summed E-state index contributed by atoms with van der Waals surface area (Å²) in [4.78, 5) is 12.3. The van der Waals surface area contributed by atoms with Crippen molar-refractivity contribution in [3.8, 4) is 0 Å². The summed E-state index contributed by atoms with van der Waals surface area (Å²) in [5, 5.41) is 3.17. The number of nitrogens with two attached hydrogens (primary N) is 1. The third-order valence-corrected chi connectivity index (χ3v) is 3.50. The molecule has 0 aromatic carbocycles. The Morgan fingerprint density at radius 3 is 2.33 bits per heavy atom. The lowest BCUT2D eigenvalue weighted by molar-refractivity contribution is -0.127. The normalized spacial score (nSPS) is 16.4. The Kier molecular flexibility index (Phi) is 8.25. The molecule has 108 valence electrons. The molecule has 0 spiro atoms. The number of unbranched alkanes of at least 4 members (excludes halogenated alkanes) is 1. The SMILES string of the molecule is CCCCC(CC)C(=O)NC(C)(CN)CC(C)C. The van der Waals surface area contributed by atoms with Gasteiger partial charge in [-0.3, -0.25) is 4.79 Å². The Morgan fingerprint density at radius 2 is 1.94 bits per heavy atom. The molecular weight excluding hydrogens is 224 g/mol. The van der Waals surface area contributed by atoms with Crippen molar-refractivity contribution in [3.63, 3.8) is 0 Å². The first kappa shape index (κ1) is 17.4. The van der Waals surface area contributed by atoms with Gasteiger partial charge in [-0.2, -0.15) is 0 Å². The third-order valence-electron chi connectivity index (χ3n) is 3.50. The molecule has 0 aliphatic rings. The highest BCUT2D eigenvalue weighted by Gasteiger charge is 2.28. The average Bonchev–Trinajstić information content (AvgIpc) is 2.28. The van der Waals surface area contributed by atoms with Crippen molar-refractivity contribution >= 4 is 5.91 Å². The Morgan fingerprint density at radius 1 is 1.33 bits per heavy atom. The molecule has 1 amide bonds. The second kappa shape index (κ2) is 8.52. The van der Waals surface area contributed by atoms with Crippen LogP contribution in [0, 0.1) is 11.8 Å². The van der Waals surface area contributed by atoms with Gasteiger partial charge < -0.3 is 11.1 Å². The van der Waals surface area contributed by atoms with Crippen molar-refractivity contribution in [2.75, 3.05) is 6.54 Å². The molecule has 0 radical (unpaired) electrons.